The van der Waals surface area contributed by atoms with Crippen LogP contribution in [0.15, 0.2) is 59.1 Å². The highest BCUT2D eigenvalue weighted by atomic mass is 79.9. The van der Waals surface area contributed by atoms with Crippen molar-refractivity contribution in [2.24, 2.45) is 0 Å². The van der Waals surface area contributed by atoms with Crippen molar-refractivity contribution in [3.8, 4) is 0 Å². The zero-order valence-corrected chi connectivity index (χ0v) is 17.0. The highest BCUT2D eigenvalue weighted by Gasteiger charge is 2.45. The summed E-state index contributed by atoms with van der Waals surface area (Å²) in [7, 11) is 0. The molecular weight excluding hydrogens is 404 g/mol. The summed E-state index contributed by atoms with van der Waals surface area (Å²) in [6, 6.07) is 18.8. The Morgan fingerprint density at radius 1 is 1.07 bits per heavy atom. The van der Waals surface area contributed by atoms with Gasteiger partial charge in [0.2, 0.25) is 5.91 Å². The molecule has 2 heterocycles. The molecule has 27 heavy (non-hydrogen) atoms. The number of para-hydroxylation sites is 1. The summed E-state index contributed by atoms with van der Waals surface area (Å²) >= 11 is 3.50. The second-order valence-electron chi connectivity index (χ2n) is 7.45. The van der Waals surface area contributed by atoms with Crippen molar-refractivity contribution in [1.82, 2.24) is 4.90 Å². The monoisotopic (exact) mass is 428 g/mol. The van der Waals surface area contributed by atoms with Gasteiger partial charge in [-0.25, -0.2) is 0 Å². The Morgan fingerprint density at radius 2 is 1.78 bits per heavy atom. The fourth-order valence-corrected chi connectivity index (χ4v) is 4.51. The molecule has 4 nitrogen and oxygen atoms in total. The van der Waals surface area contributed by atoms with Crippen molar-refractivity contribution in [3.63, 3.8) is 0 Å². The largest absolute Gasteiger partial charge is 0.381 e. The number of carbonyl (C=O) groups excluding carboxylic acids is 1. The molecule has 2 aromatic carbocycles. The Labute approximate surface area is 169 Å². The molecule has 0 spiro atoms. The number of benzene rings is 2. The highest BCUT2D eigenvalue weighted by molar-refractivity contribution is 9.10. The third kappa shape index (κ3) is 3.90. The van der Waals surface area contributed by atoms with E-state index >= 15 is 0 Å². The summed E-state index contributed by atoms with van der Waals surface area (Å²) in [5.74, 6) is 0.255. The van der Waals surface area contributed by atoms with Gasteiger partial charge in [-0.05, 0) is 49.1 Å². The molecular formula is C22H25BrN2O2. The van der Waals surface area contributed by atoms with Gasteiger partial charge in [-0.15, -0.1) is 0 Å². The van der Waals surface area contributed by atoms with Crippen molar-refractivity contribution in [3.05, 3.63) is 64.6 Å². The number of rotatable bonds is 4. The van der Waals surface area contributed by atoms with Crippen LogP contribution in [-0.2, 0) is 14.9 Å². The molecule has 0 aliphatic carbocycles. The van der Waals surface area contributed by atoms with E-state index < -0.39 is 5.41 Å². The van der Waals surface area contributed by atoms with E-state index in [1.807, 2.05) is 35.2 Å². The number of amides is 1. The maximum atomic E-state index is 13.6. The molecule has 2 fully saturated rings. The molecule has 0 saturated carbocycles. The molecule has 142 valence electrons. The molecule has 0 bridgehead atoms. The number of ether oxygens (including phenoxy) is 1. The van der Waals surface area contributed by atoms with Crippen LogP contribution in [0.3, 0.4) is 0 Å². The second kappa shape index (κ2) is 8.03. The van der Waals surface area contributed by atoms with Gasteiger partial charge >= 0.3 is 0 Å². The first-order valence-corrected chi connectivity index (χ1v) is 10.4. The van der Waals surface area contributed by atoms with Crippen LogP contribution in [0.25, 0.3) is 0 Å². The molecule has 1 unspecified atom stereocenters. The van der Waals surface area contributed by atoms with Gasteiger partial charge in [0.05, 0.1) is 5.41 Å². The minimum absolute atomic E-state index is 0.255. The summed E-state index contributed by atoms with van der Waals surface area (Å²) < 4.78 is 6.63. The number of nitrogens with one attached hydrogen (secondary N) is 1. The van der Waals surface area contributed by atoms with Crippen molar-refractivity contribution in [1.29, 1.82) is 0 Å². The first kappa shape index (κ1) is 18.5. The van der Waals surface area contributed by atoms with E-state index in [9.17, 15) is 4.79 Å². The average molecular weight is 429 g/mol. The third-order valence-electron chi connectivity index (χ3n) is 5.77. The van der Waals surface area contributed by atoms with Crippen molar-refractivity contribution < 1.29 is 9.53 Å². The normalized spacial score (nSPS) is 21.8. The lowest BCUT2D eigenvalue weighted by Gasteiger charge is -2.39. The van der Waals surface area contributed by atoms with Gasteiger partial charge in [-0.2, -0.15) is 0 Å². The minimum Gasteiger partial charge on any atom is -0.381 e. The standard InChI is InChI=1S/C22H25BrN2O2/c23-18-8-6-17(7-9-18)22(11-14-27-15-12-22)21(26)25-13-10-20(16-25)24-19-4-2-1-3-5-19/h1-9,20,24H,10-16H2. The molecule has 2 aromatic rings. The number of likely N-dealkylation sites (tertiary alicyclic amines) is 1. The van der Waals surface area contributed by atoms with Gasteiger partial charge < -0.3 is 15.0 Å². The number of anilines is 1. The van der Waals surface area contributed by atoms with Crippen LogP contribution in [0, 0.1) is 0 Å². The first-order chi connectivity index (χ1) is 13.2. The smallest absolute Gasteiger partial charge is 0.233 e. The van der Waals surface area contributed by atoms with Gasteiger partial charge in [-0.3, -0.25) is 4.79 Å². The summed E-state index contributed by atoms with van der Waals surface area (Å²) in [5.41, 5.74) is 1.77. The number of nitrogens with zero attached hydrogens (tertiary/aromatic N) is 1. The van der Waals surface area contributed by atoms with Gasteiger partial charge in [0.1, 0.15) is 0 Å². The quantitative estimate of drug-likeness (QED) is 0.792. The van der Waals surface area contributed by atoms with Gasteiger partial charge in [0.25, 0.3) is 0 Å². The maximum absolute atomic E-state index is 13.6. The fourth-order valence-electron chi connectivity index (χ4n) is 4.25. The van der Waals surface area contributed by atoms with Gasteiger partial charge in [0, 0.05) is 42.5 Å². The first-order valence-electron chi connectivity index (χ1n) is 9.62. The number of halogens is 1. The third-order valence-corrected chi connectivity index (χ3v) is 6.30. The molecule has 1 atom stereocenters. The van der Waals surface area contributed by atoms with E-state index in [0.29, 0.717) is 19.3 Å². The topological polar surface area (TPSA) is 41.6 Å². The Balaban J connectivity index is 1.51. The SMILES string of the molecule is O=C(N1CCC(Nc2ccccc2)C1)C1(c2ccc(Br)cc2)CCOCC1. The lowest BCUT2D eigenvalue weighted by molar-refractivity contribution is -0.140. The van der Waals surface area contributed by atoms with E-state index in [1.54, 1.807) is 0 Å². The average Bonchev–Trinajstić information content (AvgIpc) is 3.17. The van der Waals surface area contributed by atoms with Crippen LogP contribution in [0.4, 0.5) is 5.69 Å². The Hall–Kier alpha value is -1.85. The lowest BCUT2D eigenvalue weighted by atomic mass is 9.73. The molecule has 2 aliphatic rings. The molecule has 5 heteroatoms. The minimum atomic E-state index is -0.458. The second-order valence-corrected chi connectivity index (χ2v) is 8.36. The molecule has 0 radical (unpaired) electrons. The zero-order chi connectivity index (χ0) is 18.7. The Bertz CT molecular complexity index is 773. The van der Waals surface area contributed by atoms with Gasteiger partial charge in [-0.1, -0.05) is 46.3 Å². The van der Waals surface area contributed by atoms with E-state index in [1.165, 1.54) is 0 Å². The summed E-state index contributed by atoms with van der Waals surface area (Å²) in [5, 5.41) is 3.56. The molecule has 0 aromatic heterocycles. The molecule has 2 aliphatic heterocycles. The van der Waals surface area contributed by atoms with Crippen LogP contribution in [0.2, 0.25) is 0 Å². The van der Waals surface area contributed by atoms with Crippen molar-refractivity contribution >= 4 is 27.5 Å². The molecule has 1 N–H and O–H groups in total. The molecule has 2 saturated heterocycles. The highest BCUT2D eigenvalue weighted by Crippen LogP contribution is 2.38. The Kier molecular flexibility index (Phi) is 5.50. The lowest BCUT2D eigenvalue weighted by Crippen LogP contribution is -2.49. The van der Waals surface area contributed by atoms with Crippen molar-refractivity contribution in [2.45, 2.75) is 30.7 Å². The predicted molar refractivity (Wildman–Crippen MR) is 111 cm³/mol. The van der Waals surface area contributed by atoms with E-state index in [-0.39, 0.29) is 5.91 Å². The van der Waals surface area contributed by atoms with Crippen LogP contribution in [-0.4, -0.2) is 43.2 Å². The molecule has 1 amide bonds. The van der Waals surface area contributed by atoms with Gasteiger partial charge in [0.15, 0.2) is 0 Å². The molecule has 4 rings (SSSR count). The summed E-state index contributed by atoms with van der Waals surface area (Å²) in [6.45, 7) is 2.85. The summed E-state index contributed by atoms with van der Waals surface area (Å²) in [4.78, 5) is 15.7. The van der Waals surface area contributed by atoms with E-state index in [4.69, 9.17) is 4.74 Å². The van der Waals surface area contributed by atoms with Crippen LogP contribution < -0.4 is 5.32 Å². The van der Waals surface area contributed by atoms with Crippen molar-refractivity contribution in [2.75, 3.05) is 31.6 Å². The Morgan fingerprint density at radius 3 is 2.48 bits per heavy atom. The van der Waals surface area contributed by atoms with Crippen LogP contribution >= 0.6 is 15.9 Å². The van der Waals surface area contributed by atoms with E-state index in [0.717, 1.165) is 48.1 Å². The zero-order valence-electron chi connectivity index (χ0n) is 15.4. The van der Waals surface area contributed by atoms with Crippen LogP contribution in [0.1, 0.15) is 24.8 Å². The van der Waals surface area contributed by atoms with E-state index in [2.05, 4.69) is 45.5 Å². The van der Waals surface area contributed by atoms with Crippen LogP contribution in [0.5, 0.6) is 0 Å². The number of hydrogen-bond acceptors (Lipinski definition) is 3. The summed E-state index contributed by atoms with van der Waals surface area (Å²) in [6.07, 6.45) is 2.48. The number of carbonyl (C=O) groups is 1. The fraction of sp³-hybridized carbons (Fsp3) is 0.409. The maximum Gasteiger partial charge on any atom is 0.233 e. The number of hydrogen-bond donors (Lipinski definition) is 1. The predicted octanol–water partition coefficient (Wildman–Crippen LogP) is 4.21.